The van der Waals surface area contributed by atoms with Crippen molar-refractivity contribution in [1.82, 2.24) is 19.7 Å². The fourth-order valence-electron chi connectivity index (χ4n) is 3.65. The number of imidazole rings is 1. The van der Waals surface area contributed by atoms with Crippen LogP contribution in [-0.4, -0.2) is 19.7 Å². The summed E-state index contributed by atoms with van der Waals surface area (Å²) in [6.07, 6.45) is 4.43. The maximum Gasteiger partial charge on any atom is 0.169 e. The van der Waals surface area contributed by atoms with Gasteiger partial charge in [-0.25, -0.2) is 18.7 Å². The lowest BCUT2D eigenvalue weighted by Crippen LogP contribution is -1.99. The van der Waals surface area contributed by atoms with Crippen molar-refractivity contribution >= 4 is 11.6 Å². The summed E-state index contributed by atoms with van der Waals surface area (Å²) in [7, 11) is 0. The SMILES string of the molecule is CCc1cc(Cl)ccc1-c1cc(Cn2ccc3nc(-c4cccc(F)c4F)nc-3c2)on1. The molecule has 0 saturated heterocycles. The zero-order chi connectivity index (χ0) is 22.2. The lowest BCUT2D eigenvalue weighted by Gasteiger charge is -2.05. The first-order valence-electron chi connectivity index (χ1n) is 10.0. The molecule has 0 spiro atoms. The number of benzene rings is 2. The van der Waals surface area contributed by atoms with E-state index in [1.165, 1.54) is 12.1 Å². The molecule has 0 fully saturated rings. The number of fused-ring (bicyclic) bond motifs is 1. The average Bonchev–Trinajstić information content (AvgIpc) is 3.42. The number of rotatable bonds is 5. The molecule has 160 valence electrons. The van der Waals surface area contributed by atoms with Gasteiger partial charge in [0.05, 0.1) is 17.8 Å². The molecule has 2 aliphatic heterocycles. The second kappa shape index (κ2) is 8.16. The van der Waals surface area contributed by atoms with Gasteiger partial charge in [-0.05, 0) is 42.3 Å². The van der Waals surface area contributed by atoms with Crippen molar-refractivity contribution in [1.29, 1.82) is 0 Å². The molecule has 2 aliphatic rings. The Kier molecular flexibility index (Phi) is 5.19. The predicted octanol–water partition coefficient (Wildman–Crippen LogP) is 6.25. The zero-order valence-corrected chi connectivity index (χ0v) is 17.8. The van der Waals surface area contributed by atoms with Crippen LogP contribution in [0.5, 0.6) is 0 Å². The maximum absolute atomic E-state index is 14.1. The Hall–Kier alpha value is -3.58. The van der Waals surface area contributed by atoms with Crippen LogP contribution in [0.3, 0.4) is 0 Å². The minimum absolute atomic E-state index is 0.0299. The van der Waals surface area contributed by atoms with E-state index < -0.39 is 11.6 Å². The summed E-state index contributed by atoms with van der Waals surface area (Å²) in [4.78, 5) is 8.70. The van der Waals surface area contributed by atoms with E-state index in [0.717, 1.165) is 29.3 Å². The van der Waals surface area contributed by atoms with Crippen molar-refractivity contribution < 1.29 is 13.3 Å². The Bertz CT molecular complexity index is 1390. The minimum Gasteiger partial charge on any atom is -0.359 e. The number of nitrogens with zero attached hydrogens (tertiary/aromatic N) is 4. The van der Waals surface area contributed by atoms with E-state index in [1.807, 2.05) is 35.0 Å². The molecule has 0 bridgehead atoms. The molecular formula is C24H17ClF2N4O. The third-order valence-corrected chi connectivity index (χ3v) is 5.48. The number of hydrogen-bond acceptors (Lipinski definition) is 4. The Balaban J connectivity index is 1.42. The highest BCUT2D eigenvalue weighted by molar-refractivity contribution is 6.30. The Morgan fingerprint density at radius 3 is 2.66 bits per heavy atom. The quantitative estimate of drug-likeness (QED) is 0.317. The number of pyridine rings is 1. The summed E-state index contributed by atoms with van der Waals surface area (Å²) >= 11 is 6.10. The molecule has 8 heteroatoms. The van der Waals surface area contributed by atoms with Gasteiger partial charge in [0.2, 0.25) is 0 Å². The monoisotopic (exact) mass is 450 g/mol. The molecule has 2 aromatic carbocycles. The average molecular weight is 451 g/mol. The van der Waals surface area contributed by atoms with Crippen LogP contribution in [0.15, 0.2) is 65.4 Å². The van der Waals surface area contributed by atoms with Gasteiger partial charge in [-0.3, -0.25) is 0 Å². The third kappa shape index (κ3) is 3.76. The van der Waals surface area contributed by atoms with Gasteiger partial charge in [-0.2, -0.15) is 0 Å². The fourth-order valence-corrected chi connectivity index (χ4v) is 3.84. The molecule has 3 heterocycles. The fraction of sp³-hybridized carbons (Fsp3) is 0.125. The Morgan fingerprint density at radius 2 is 1.81 bits per heavy atom. The van der Waals surface area contributed by atoms with Gasteiger partial charge in [0, 0.05) is 29.0 Å². The third-order valence-electron chi connectivity index (χ3n) is 5.24. The molecule has 0 atom stereocenters. The summed E-state index contributed by atoms with van der Waals surface area (Å²) in [5, 5.41) is 4.89. The van der Waals surface area contributed by atoms with Crippen molar-refractivity contribution in [2.75, 3.05) is 0 Å². The largest absolute Gasteiger partial charge is 0.359 e. The second-order valence-electron chi connectivity index (χ2n) is 7.37. The van der Waals surface area contributed by atoms with Crippen LogP contribution in [-0.2, 0) is 13.0 Å². The number of aromatic nitrogens is 4. The lowest BCUT2D eigenvalue weighted by atomic mass is 10.0. The van der Waals surface area contributed by atoms with Gasteiger partial charge in [-0.15, -0.1) is 0 Å². The molecule has 0 unspecified atom stereocenters. The van der Waals surface area contributed by atoms with E-state index in [4.69, 9.17) is 16.1 Å². The highest BCUT2D eigenvalue weighted by Gasteiger charge is 2.18. The van der Waals surface area contributed by atoms with Crippen molar-refractivity contribution in [3.63, 3.8) is 0 Å². The summed E-state index contributed by atoms with van der Waals surface area (Å²) in [5.41, 5.74) is 4.00. The van der Waals surface area contributed by atoms with E-state index in [0.29, 0.717) is 28.7 Å². The first-order valence-corrected chi connectivity index (χ1v) is 10.4. The van der Waals surface area contributed by atoms with Crippen LogP contribution in [0.1, 0.15) is 18.2 Å². The summed E-state index contributed by atoms with van der Waals surface area (Å²) in [5.74, 6) is -1.08. The highest BCUT2D eigenvalue weighted by atomic mass is 35.5. The molecule has 5 rings (SSSR count). The Labute approximate surface area is 187 Å². The van der Waals surface area contributed by atoms with Gasteiger partial charge in [0.15, 0.2) is 23.2 Å². The van der Waals surface area contributed by atoms with Crippen molar-refractivity contribution in [2.24, 2.45) is 0 Å². The smallest absolute Gasteiger partial charge is 0.169 e. The molecule has 32 heavy (non-hydrogen) atoms. The van der Waals surface area contributed by atoms with E-state index in [1.54, 1.807) is 12.3 Å². The topological polar surface area (TPSA) is 56.7 Å². The molecule has 3 aromatic rings. The summed E-state index contributed by atoms with van der Waals surface area (Å²) in [6, 6.07) is 13.3. The molecule has 0 amide bonds. The van der Waals surface area contributed by atoms with Crippen LogP contribution in [0.2, 0.25) is 5.02 Å². The van der Waals surface area contributed by atoms with Crippen molar-refractivity contribution in [3.8, 4) is 34.0 Å². The van der Waals surface area contributed by atoms with Crippen molar-refractivity contribution in [3.05, 3.63) is 88.9 Å². The zero-order valence-electron chi connectivity index (χ0n) is 17.0. The molecular weight excluding hydrogens is 434 g/mol. The van der Waals surface area contributed by atoms with Gasteiger partial charge >= 0.3 is 0 Å². The molecule has 5 nitrogen and oxygen atoms in total. The van der Waals surface area contributed by atoms with E-state index in [2.05, 4.69) is 22.0 Å². The molecule has 0 saturated carbocycles. The first kappa shape index (κ1) is 20.3. The van der Waals surface area contributed by atoms with E-state index in [9.17, 15) is 8.78 Å². The van der Waals surface area contributed by atoms with Crippen LogP contribution in [0.4, 0.5) is 8.78 Å². The molecule has 0 aliphatic carbocycles. The normalized spacial score (nSPS) is 11.4. The van der Waals surface area contributed by atoms with Crippen LogP contribution in [0, 0.1) is 11.6 Å². The Morgan fingerprint density at radius 1 is 0.969 bits per heavy atom. The van der Waals surface area contributed by atoms with Gasteiger partial charge in [0.1, 0.15) is 11.4 Å². The number of halogens is 3. The second-order valence-corrected chi connectivity index (χ2v) is 7.81. The van der Waals surface area contributed by atoms with E-state index >= 15 is 0 Å². The predicted molar refractivity (Wildman–Crippen MR) is 117 cm³/mol. The minimum atomic E-state index is -0.960. The van der Waals surface area contributed by atoms with Gasteiger partial charge in [0.25, 0.3) is 0 Å². The molecule has 0 radical (unpaired) electrons. The number of aryl methyl sites for hydroxylation is 1. The van der Waals surface area contributed by atoms with Gasteiger partial charge in [-0.1, -0.05) is 35.8 Å². The molecule has 0 N–H and O–H groups in total. The van der Waals surface area contributed by atoms with Gasteiger partial charge < -0.3 is 9.09 Å². The van der Waals surface area contributed by atoms with Crippen molar-refractivity contribution in [2.45, 2.75) is 19.9 Å². The van der Waals surface area contributed by atoms with Crippen LogP contribution >= 0.6 is 11.6 Å². The maximum atomic E-state index is 14.1. The standard InChI is InChI=1S/C24H17ClF2N4O/c1-2-14-10-15(25)6-7-17(14)21-11-16(32-30-21)12-31-9-8-20-22(13-31)29-24(28-20)18-4-3-5-19(26)23(18)27/h3-11,13H,2,12H2,1H3. The lowest BCUT2D eigenvalue weighted by molar-refractivity contribution is 0.378. The number of hydrogen-bond donors (Lipinski definition) is 0. The highest BCUT2D eigenvalue weighted by Crippen LogP contribution is 2.29. The van der Waals surface area contributed by atoms with E-state index in [-0.39, 0.29) is 11.4 Å². The molecule has 1 aromatic heterocycles. The first-order chi connectivity index (χ1) is 15.5. The summed E-state index contributed by atoms with van der Waals surface area (Å²) < 4.78 is 35.1. The van der Waals surface area contributed by atoms with Crippen LogP contribution < -0.4 is 0 Å². The summed E-state index contributed by atoms with van der Waals surface area (Å²) in [6.45, 7) is 2.49. The van der Waals surface area contributed by atoms with Crippen LogP contribution in [0.25, 0.3) is 34.0 Å².